The normalized spacial score (nSPS) is 16.5. The maximum Gasteiger partial charge on any atom is 0.255 e. The minimum atomic E-state index is 0.0462. The Morgan fingerprint density at radius 1 is 1.11 bits per heavy atom. The highest BCUT2D eigenvalue weighted by atomic mass is 35.5. The molecule has 0 saturated carbocycles. The van der Waals surface area contributed by atoms with E-state index in [2.05, 4.69) is 21.2 Å². The summed E-state index contributed by atoms with van der Waals surface area (Å²) in [5, 5.41) is 23.5. The first-order valence-electron chi connectivity index (χ1n) is 12.3. The van der Waals surface area contributed by atoms with E-state index in [-0.39, 0.29) is 12.5 Å². The Morgan fingerprint density at radius 3 is 2.69 bits per heavy atom. The molecule has 1 aromatic heterocycles. The Morgan fingerprint density at radius 2 is 1.92 bits per heavy atom. The van der Waals surface area contributed by atoms with Gasteiger partial charge in [-0.25, -0.2) is 0 Å². The van der Waals surface area contributed by atoms with Gasteiger partial charge in [0.05, 0.1) is 35.6 Å². The quantitative estimate of drug-likeness (QED) is 0.533. The second kappa shape index (κ2) is 10.8. The molecule has 2 aromatic carbocycles. The van der Waals surface area contributed by atoms with E-state index in [0.717, 1.165) is 53.8 Å². The standard InChI is InChI=1S/C27H29ClN6O2/c28-20-6-5-19(16-29)25(15-20)30-18-33-8-7-24-22(17-33)26(21-3-1-2-4-23(21)31-24)27(36)34-11-9-32(10-12-34)13-14-35/h1-6,15,30,35H,7-14,17-18H2. The number of para-hydroxylation sites is 1. The zero-order valence-electron chi connectivity index (χ0n) is 20.1. The fraction of sp³-hybridized carbons (Fsp3) is 0.370. The van der Waals surface area contributed by atoms with E-state index < -0.39 is 0 Å². The Labute approximate surface area is 215 Å². The van der Waals surface area contributed by atoms with Crippen LogP contribution in [-0.4, -0.2) is 83.2 Å². The summed E-state index contributed by atoms with van der Waals surface area (Å²) in [6.07, 6.45) is 0.743. The van der Waals surface area contributed by atoms with Crippen molar-refractivity contribution in [3.8, 4) is 6.07 Å². The van der Waals surface area contributed by atoms with Crippen LogP contribution in [0.3, 0.4) is 0 Å². The van der Waals surface area contributed by atoms with Gasteiger partial charge >= 0.3 is 0 Å². The van der Waals surface area contributed by atoms with Crippen LogP contribution in [0.5, 0.6) is 0 Å². The van der Waals surface area contributed by atoms with Gasteiger partial charge in [0.15, 0.2) is 0 Å². The maximum atomic E-state index is 13.9. The lowest BCUT2D eigenvalue weighted by Crippen LogP contribution is -2.49. The number of fused-ring (bicyclic) bond motifs is 2. The number of carbonyl (C=O) groups is 1. The van der Waals surface area contributed by atoms with Gasteiger partial charge in [0.25, 0.3) is 5.91 Å². The number of rotatable bonds is 6. The molecule has 1 amide bonds. The summed E-state index contributed by atoms with van der Waals surface area (Å²) in [4.78, 5) is 25.2. The summed E-state index contributed by atoms with van der Waals surface area (Å²) in [5.74, 6) is 0.0462. The fourth-order valence-electron chi connectivity index (χ4n) is 5.06. The monoisotopic (exact) mass is 504 g/mol. The molecule has 9 heteroatoms. The Hall–Kier alpha value is -3.22. The van der Waals surface area contributed by atoms with Crippen molar-refractivity contribution >= 4 is 34.1 Å². The van der Waals surface area contributed by atoms with Crippen molar-refractivity contribution in [2.24, 2.45) is 0 Å². The number of nitriles is 1. The summed E-state index contributed by atoms with van der Waals surface area (Å²) < 4.78 is 0. The molecular weight excluding hydrogens is 476 g/mol. The average molecular weight is 505 g/mol. The number of halogens is 1. The van der Waals surface area contributed by atoms with Gasteiger partial charge in [0.2, 0.25) is 0 Å². The topological polar surface area (TPSA) is 95.7 Å². The molecule has 5 rings (SSSR count). The molecule has 0 unspecified atom stereocenters. The number of hydrogen-bond donors (Lipinski definition) is 2. The third-order valence-corrected chi connectivity index (χ3v) is 7.25. The number of nitrogens with zero attached hydrogens (tertiary/aromatic N) is 5. The number of piperazine rings is 1. The predicted molar refractivity (Wildman–Crippen MR) is 140 cm³/mol. The highest BCUT2D eigenvalue weighted by Gasteiger charge is 2.30. The van der Waals surface area contributed by atoms with Crippen LogP contribution in [-0.2, 0) is 13.0 Å². The van der Waals surface area contributed by atoms with Crippen molar-refractivity contribution in [2.75, 3.05) is 57.9 Å². The predicted octanol–water partition coefficient (Wildman–Crippen LogP) is 2.94. The van der Waals surface area contributed by atoms with Crippen molar-refractivity contribution < 1.29 is 9.90 Å². The van der Waals surface area contributed by atoms with Gasteiger partial charge in [-0.1, -0.05) is 29.8 Å². The molecule has 0 spiro atoms. The Kier molecular flexibility index (Phi) is 7.35. The van der Waals surface area contributed by atoms with Crippen molar-refractivity contribution in [3.05, 3.63) is 69.9 Å². The molecular formula is C27H29ClN6O2. The number of amides is 1. The minimum absolute atomic E-state index is 0.0462. The average Bonchev–Trinajstić information content (AvgIpc) is 2.91. The van der Waals surface area contributed by atoms with Crippen LogP contribution < -0.4 is 5.32 Å². The van der Waals surface area contributed by atoms with Gasteiger partial charge in [0.1, 0.15) is 6.07 Å². The van der Waals surface area contributed by atoms with Crippen molar-refractivity contribution in [1.82, 2.24) is 19.7 Å². The first-order chi connectivity index (χ1) is 17.6. The number of pyridine rings is 1. The van der Waals surface area contributed by atoms with E-state index >= 15 is 0 Å². The molecule has 0 aliphatic carbocycles. The summed E-state index contributed by atoms with van der Waals surface area (Å²) in [7, 11) is 0. The maximum absolute atomic E-state index is 13.9. The molecule has 3 heterocycles. The number of hydrogen-bond acceptors (Lipinski definition) is 7. The number of aliphatic hydroxyl groups excluding tert-OH is 1. The van der Waals surface area contributed by atoms with Crippen LogP contribution in [0, 0.1) is 11.3 Å². The van der Waals surface area contributed by atoms with Crippen LogP contribution in [0.1, 0.15) is 27.2 Å². The van der Waals surface area contributed by atoms with E-state index in [1.165, 1.54) is 0 Å². The molecule has 2 N–H and O–H groups in total. The third-order valence-electron chi connectivity index (χ3n) is 7.01. The second-order valence-corrected chi connectivity index (χ2v) is 9.66. The first kappa shape index (κ1) is 24.5. The van der Waals surface area contributed by atoms with E-state index in [1.807, 2.05) is 29.2 Å². The van der Waals surface area contributed by atoms with E-state index in [1.54, 1.807) is 18.2 Å². The largest absolute Gasteiger partial charge is 0.395 e. The van der Waals surface area contributed by atoms with Crippen LogP contribution in [0.15, 0.2) is 42.5 Å². The fourth-order valence-corrected chi connectivity index (χ4v) is 5.23. The molecule has 1 fully saturated rings. The number of carbonyl (C=O) groups excluding carboxylic acids is 1. The summed E-state index contributed by atoms with van der Waals surface area (Å²) in [6.45, 7) is 5.47. The highest BCUT2D eigenvalue weighted by Crippen LogP contribution is 2.30. The second-order valence-electron chi connectivity index (χ2n) is 9.23. The van der Waals surface area contributed by atoms with Gasteiger partial charge in [-0.3, -0.25) is 19.6 Å². The lowest BCUT2D eigenvalue weighted by atomic mass is 9.94. The molecule has 36 heavy (non-hydrogen) atoms. The molecule has 186 valence electrons. The molecule has 1 saturated heterocycles. The van der Waals surface area contributed by atoms with Crippen molar-refractivity contribution in [3.63, 3.8) is 0 Å². The molecule has 2 aliphatic rings. The van der Waals surface area contributed by atoms with Crippen LogP contribution in [0.25, 0.3) is 10.9 Å². The van der Waals surface area contributed by atoms with Gasteiger partial charge in [-0.15, -0.1) is 0 Å². The zero-order valence-corrected chi connectivity index (χ0v) is 20.8. The van der Waals surface area contributed by atoms with E-state index in [0.29, 0.717) is 49.1 Å². The summed E-state index contributed by atoms with van der Waals surface area (Å²) in [6, 6.07) is 15.3. The zero-order chi connectivity index (χ0) is 25.1. The van der Waals surface area contributed by atoms with Crippen LogP contribution in [0.2, 0.25) is 5.02 Å². The number of anilines is 1. The van der Waals surface area contributed by atoms with Gasteiger partial charge in [-0.2, -0.15) is 5.26 Å². The number of aromatic nitrogens is 1. The summed E-state index contributed by atoms with van der Waals surface area (Å²) in [5.41, 5.74) is 4.80. The lowest BCUT2D eigenvalue weighted by Gasteiger charge is -2.36. The molecule has 0 bridgehead atoms. The number of aliphatic hydroxyl groups is 1. The van der Waals surface area contributed by atoms with E-state index in [4.69, 9.17) is 16.6 Å². The third kappa shape index (κ3) is 5.01. The summed E-state index contributed by atoms with van der Waals surface area (Å²) >= 11 is 6.14. The van der Waals surface area contributed by atoms with Crippen molar-refractivity contribution in [2.45, 2.75) is 13.0 Å². The van der Waals surface area contributed by atoms with Gasteiger partial charge in [-0.05, 0) is 24.3 Å². The number of β-amino-alcohol motifs (C(OH)–C–C–N with tert-alkyl or cyclic N) is 1. The van der Waals surface area contributed by atoms with Crippen LogP contribution >= 0.6 is 11.6 Å². The first-order valence-corrected chi connectivity index (χ1v) is 12.6. The smallest absolute Gasteiger partial charge is 0.255 e. The molecule has 0 radical (unpaired) electrons. The molecule has 2 aliphatic heterocycles. The Bertz CT molecular complexity index is 1320. The molecule has 3 aromatic rings. The van der Waals surface area contributed by atoms with Crippen LogP contribution in [0.4, 0.5) is 5.69 Å². The SMILES string of the molecule is N#Cc1ccc(Cl)cc1NCN1CCc2nc3ccccc3c(C(=O)N3CCN(CCO)CC3)c2C1. The van der Waals surface area contributed by atoms with Crippen molar-refractivity contribution in [1.29, 1.82) is 5.26 Å². The highest BCUT2D eigenvalue weighted by molar-refractivity contribution is 6.30. The number of benzene rings is 2. The molecule has 0 atom stereocenters. The minimum Gasteiger partial charge on any atom is -0.395 e. The number of nitrogens with one attached hydrogen (secondary N) is 1. The van der Waals surface area contributed by atoms with Gasteiger partial charge in [0, 0.05) is 73.9 Å². The lowest BCUT2D eigenvalue weighted by molar-refractivity contribution is 0.0614. The van der Waals surface area contributed by atoms with E-state index in [9.17, 15) is 15.2 Å². The van der Waals surface area contributed by atoms with Gasteiger partial charge < -0.3 is 15.3 Å². The molecule has 8 nitrogen and oxygen atoms in total. The Balaban J connectivity index is 1.41.